The first kappa shape index (κ1) is 15.0. The average Bonchev–Trinajstić information content (AvgIpc) is 3.00. The molecule has 0 unspecified atom stereocenters. The van der Waals surface area contributed by atoms with Crippen LogP contribution in [0.25, 0.3) is 16.6 Å². The molecule has 3 aromatic rings. The smallest absolute Gasteiger partial charge is 0.332 e. The van der Waals surface area contributed by atoms with Crippen molar-refractivity contribution in [2.24, 2.45) is 0 Å². The first-order valence-corrected chi connectivity index (χ1v) is 8.24. The highest BCUT2D eigenvalue weighted by molar-refractivity contribution is 5.88. The van der Waals surface area contributed by atoms with Gasteiger partial charge in [0.2, 0.25) is 0 Å². The molecular weight excluding hydrogens is 304 g/mol. The molecular formula is C18H20N4O2. The molecule has 1 fully saturated rings. The number of aromatic amines is 2. The fraction of sp³-hybridized carbons (Fsp3) is 0.333. The number of likely N-dealkylation sites (tertiary alicyclic amines) is 1. The van der Waals surface area contributed by atoms with E-state index in [1.54, 1.807) is 0 Å². The van der Waals surface area contributed by atoms with E-state index in [0.717, 1.165) is 42.5 Å². The maximum absolute atomic E-state index is 12.1. The van der Waals surface area contributed by atoms with Crippen molar-refractivity contribution in [3.05, 3.63) is 63.1 Å². The Bertz CT molecular complexity index is 990. The van der Waals surface area contributed by atoms with E-state index < -0.39 is 5.69 Å². The van der Waals surface area contributed by atoms with Crippen molar-refractivity contribution in [3.63, 3.8) is 0 Å². The van der Waals surface area contributed by atoms with Crippen molar-refractivity contribution in [1.29, 1.82) is 0 Å². The first-order valence-electron chi connectivity index (χ1n) is 8.24. The van der Waals surface area contributed by atoms with Crippen LogP contribution < -0.4 is 11.2 Å². The minimum absolute atomic E-state index is 0.385. The molecule has 3 heterocycles. The van der Waals surface area contributed by atoms with Gasteiger partial charge in [-0.3, -0.25) is 14.3 Å². The molecule has 0 amide bonds. The third-order valence-electron chi connectivity index (χ3n) is 4.90. The third kappa shape index (κ3) is 2.59. The Hall–Kier alpha value is -2.60. The fourth-order valence-electron chi connectivity index (χ4n) is 3.52. The van der Waals surface area contributed by atoms with Crippen molar-refractivity contribution in [3.8, 4) is 5.69 Å². The van der Waals surface area contributed by atoms with E-state index in [0.29, 0.717) is 5.92 Å². The average molecular weight is 324 g/mol. The summed E-state index contributed by atoms with van der Waals surface area (Å²) in [6, 6.07) is 9.36. The molecule has 4 rings (SSSR count). The van der Waals surface area contributed by atoms with Gasteiger partial charge in [-0.25, -0.2) is 4.79 Å². The molecule has 0 spiro atoms. The predicted molar refractivity (Wildman–Crippen MR) is 94.0 cm³/mol. The van der Waals surface area contributed by atoms with Gasteiger partial charge in [0.05, 0.1) is 5.69 Å². The first-order chi connectivity index (χ1) is 11.6. The summed E-state index contributed by atoms with van der Waals surface area (Å²) in [6.07, 6.45) is 3.80. The van der Waals surface area contributed by atoms with Gasteiger partial charge in [0.25, 0.3) is 5.56 Å². The van der Waals surface area contributed by atoms with Crippen molar-refractivity contribution in [1.82, 2.24) is 19.4 Å². The minimum atomic E-state index is -0.419. The zero-order valence-corrected chi connectivity index (χ0v) is 13.6. The van der Waals surface area contributed by atoms with Crippen molar-refractivity contribution < 1.29 is 0 Å². The molecule has 24 heavy (non-hydrogen) atoms. The second kappa shape index (κ2) is 5.79. The van der Waals surface area contributed by atoms with Crippen LogP contribution in [0.3, 0.4) is 0 Å². The summed E-state index contributed by atoms with van der Waals surface area (Å²) in [5, 5.41) is 1.00. The topological polar surface area (TPSA) is 73.9 Å². The van der Waals surface area contributed by atoms with Gasteiger partial charge in [-0.2, -0.15) is 0 Å². The van der Waals surface area contributed by atoms with Crippen molar-refractivity contribution in [2.45, 2.75) is 18.8 Å². The standard InChI is InChI=1S/C18H20N4O2/c1-21-8-5-12(6-9-21)15-11-13-14(19-15)3-2-4-16(13)22-10-7-17(23)20-18(22)24/h2-4,7,10-12,19H,5-6,8-9H2,1H3,(H,20,23,24). The van der Waals surface area contributed by atoms with Gasteiger partial charge in [0, 0.05) is 34.8 Å². The zero-order valence-electron chi connectivity index (χ0n) is 13.6. The lowest BCUT2D eigenvalue weighted by atomic mass is 9.94. The number of rotatable bonds is 2. The molecule has 0 atom stereocenters. The van der Waals surface area contributed by atoms with E-state index in [1.165, 1.54) is 22.5 Å². The van der Waals surface area contributed by atoms with Crippen LogP contribution in [0.1, 0.15) is 24.5 Å². The Morgan fingerprint density at radius 2 is 1.88 bits per heavy atom. The third-order valence-corrected chi connectivity index (χ3v) is 4.90. The molecule has 0 saturated carbocycles. The number of benzene rings is 1. The van der Waals surface area contributed by atoms with Gasteiger partial charge in [-0.15, -0.1) is 0 Å². The molecule has 124 valence electrons. The molecule has 0 radical (unpaired) electrons. The number of H-pyrrole nitrogens is 2. The van der Waals surface area contributed by atoms with Gasteiger partial charge in [-0.1, -0.05) is 6.07 Å². The molecule has 6 heteroatoms. The highest BCUT2D eigenvalue weighted by Gasteiger charge is 2.20. The van der Waals surface area contributed by atoms with Crippen LogP contribution in [-0.2, 0) is 0 Å². The highest BCUT2D eigenvalue weighted by Crippen LogP contribution is 2.31. The number of aromatic nitrogens is 3. The number of nitrogens with one attached hydrogen (secondary N) is 2. The molecule has 1 saturated heterocycles. The second-order valence-corrected chi connectivity index (χ2v) is 6.52. The number of piperidine rings is 1. The van der Waals surface area contributed by atoms with E-state index in [4.69, 9.17) is 0 Å². The summed E-state index contributed by atoms with van der Waals surface area (Å²) in [5.41, 5.74) is 2.22. The molecule has 2 aromatic heterocycles. The Morgan fingerprint density at radius 1 is 1.08 bits per heavy atom. The van der Waals surface area contributed by atoms with Crippen LogP contribution in [0, 0.1) is 0 Å². The number of fused-ring (bicyclic) bond motifs is 1. The maximum atomic E-state index is 12.1. The van der Waals surface area contributed by atoms with E-state index in [2.05, 4.69) is 28.0 Å². The van der Waals surface area contributed by atoms with Gasteiger partial charge >= 0.3 is 5.69 Å². The SMILES string of the molecule is CN1CCC(c2cc3c(-n4ccc(=O)[nH]c4=O)cccc3[nH]2)CC1. The maximum Gasteiger partial charge on any atom is 0.332 e. The van der Waals surface area contributed by atoms with Crippen LogP contribution in [-0.4, -0.2) is 39.6 Å². The van der Waals surface area contributed by atoms with Crippen molar-refractivity contribution >= 4 is 10.9 Å². The van der Waals surface area contributed by atoms with E-state index in [9.17, 15) is 9.59 Å². The summed E-state index contributed by atoms with van der Waals surface area (Å²) >= 11 is 0. The lowest BCUT2D eigenvalue weighted by Gasteiger charge is -2.28. The minimum Gasteiger partial charge on any atom is -0.358 e. The van der Waals surface area contributed by atoms with Gasteiger partial charge in [0.15, 0.2) is 0 Å². The van der Waals surface area contributed by atoms with E-state index in [-0.39, 0.29) is 5.56 Å². The monoisotopic (exact) mass is 324 g/mol. The summed E-state index contributed by atoms with van der Waals surface area (Å²) in [4.78, 5) is 31.6. The molecule has 0 aliphatic carbocycles. The summed E-state index contributed by atoms with van der Waals surface area (Å²) < 4.78 is 1.48. The zero-order chi connectivity index (χ0) is 16.7. The number of nitrogens with zero attached hydrogens (tertiary/aromatic N) is 2. The van der Waals surface area contributed by atoms with Crippen LogP contribution in [0.5, 0.6) is 0 Å². The Labute approximate surface area is 138 Å². The van der Waals surface area contributed by atoms with Gasteiger partial charge in [-0.05, 0) is 51.2 Å². The Kier molecular flexibility index (Phi) is 3.61. The van der Waals surface area contributed by atoms with E-state index >= 15 is 0 Å². The number of hydrogen-bond donors (Lipinski definition) is 2. The lowest BCUT2D eigenvalue weighted by Crippen LogP contribution is -2.29. The van der Waals surface area contributed by atoms with E-state index in [1.807, 2.05) is 18.2 Å². The normalized spacial score (nSPS) is 16.7. The summed E-state index contributed by atoms with van der Waals surface area (Å²) in [6.45, 7) is 2.21. The Balaban J connectivity index is 1.80. The largest absolute Gasteiger partial charge is 0.358 e. The molecule has 0 bridgehead atoms. The second-order valence-electron chi connectivity index (χ2n) is 6.52. The summed E-state index contributed by atoms with van der Waals surface area (Å²) in [5.74, 6) is 0.522. The summed E-state index contributed by atoms with van der Waals surface area (Å²) in [7, 11) is 2.15. The van der Waals surface area contributed by atoms with Crippen LogP contribution in [0.15, 0.2) is 46.1 Å². The quantitative estimate of drug-likeness (QED) is 0.755. The highest BCUT2D eigenvalue weighted by atomic mass is 16.2. The molecule has 2 N–H and O–H groups in total. The molecule has 1 aliphatic heterocycles. The molecule has 6 nitrogen and oxygen atoms in total. The van der Waals surface area contributed by atoms with Crippen molar-refractivity contribution in [2.75, 3.05) is 20.1 Å². The van der Waals surface area contributed by atoms with Crippen LogP contribution in [0.2, 0.25) is 0 Å². The Morgan fingerprint density at radius 3 is 2.62 bits per heavy atom. The molecule has 1 aliphatic rings. The lowest BCUT2D eigenvalue weighted by molar-refractivity contribution is 0.254. The van der Waals surface area contributed by atoms with Gasteiger partial charge < -0.3 is 9.88 Å². The predicted octanol–water partition coefficient (Wildman–Crippen LogP) is 1.82. The number of hydrogen-bond acceptors (Lipinski definition) is 3. The fourth-order valence-corrected chi connectivity index (χ4v) is 3.52. The van der Waals surface area contributed by atoms with Gasteiger partial charge in [0.1, 0.15) is 0 Å². The molecule has 1 aromatic carbocycles. The van der Waals surface area contributed by atoms with Crippen LogP contribution >= 0.6 is 0 Å². The van der Waals surface area contributed by atoms with Crippen LogP contribution in [0.4, 0.5) is 0 Å².